The number of nitrogens with zero attached hydrogens (tertiary/aromatic N) is 2. The maximum absolute atomic E-state index is 8.89. The summed E-state index contributed by atoms with van der Waals surface area (Å²) in [6.45, 7) is 10.2. The second-order valence-electron chi connectivity index (χ2n) is 5.08. The molecule has 0 saturated carbocycles. The molecule has 1 aliphatic heterocycles. The lowest BCUT2D eigenvalue weighted by molar-refractivity contribution is -0.0190. The molecular weight excluding hydrogens is 188 g/mol. The van der Waals surface area contributed by atoms with Gasteiger partial charge in [-0.1, -0.05) is 0 Å². The van der Waals surface area contributed by atoms with E-state index in [4.69, 9.17) is 10.00 Å². The second kappa shape index (κ2) is 5.48. The van der Waals surface area contributed by atoms with E-state index >= 15 is 0 Å². The predicted octanol–water partition coefficient (Wildman–Crippen LogP) is 2.04. The predicted molar refractivity (Wildman–Crippen MR) is 60.5 cm³/mol. The summed E-state index contributed by atoms with van der Waals surface area (Å²) >= 11 is 0. The Morgan fingerprint density at radius 3 is 2.87 bits per heavy atom. The summed E-state index contributed by atoms with van der Waals surface area (Å²) in [7, 11) is 0. The van der Waals surface area contributed by atoms with Gasteiger partial charge in [-0.3, -0.25) is 4.90 Å². The van der Waals surface area contributed by atoms with E-state index in [1.165, 1.54) is 0 Å². The molecule has 1 atom stereocenters. The molecule has 0 N–H and O–H groups in total. The minimum atomic E-state index is -0.169. The van der Waals surface area contributed by atoms with Crippen LogP contribution in [0.2, 0.25) is 0 Å². The monoisotopic (exact) mass is 210 g/mol. The molecular formula is C12H22N2O. The summed E-state index contributed by atoms with van der Waals surface area (Å²) in [5, 5.41) is 8.89. The molecule has 1 unspecified atom stereocenters. The van der Waals surface area contributed by atoms with Crippen LogP contribution in [0.15, 0.2) is 0 Å². The molecule has 3 heteroatoms. The Morgan fingerprint density at radius 2 is 2.27 bits per heavy atom. The molecule has 0 aromatic carbocycles. The normalized spacial score (nSPS) is 23.7. The highest BCUT2D eigenvalue weighted by atomic mass is 16.5. The first-order chi connectivity index (χ1) is 7.03. The average Bonchev–Trinajstić information content (AvgIpc) is 2.18. The van der Waals surface area contributed by atoms with Crippen molar-refractivity contribution in [1.29, 1.82) is 5.26 Å². The van der Waals surface area contributed by atoms with Crippen molar-refractivity contribution in [1.82, 2.24) is 4.90 Å². The first-order valence-corrected chi connectivity index (χ1v) is 5.79. The summed E-state index contributed by atoms with van der Waals surface area (Å²) in [4.78, 5) is 2.43. The Kier molecular flexibility index (Phi) is 4.56. The zero-order valence-electron chi connectivity index (χ0n) is 10.1. The van der Waals surface area contributed by atoms with Gasteiger partial charge in [0.15, 0.2) is 0 Å². The van der Waals surface area contributed by atoms with Crippen molar-refractivity contribution in [3.05, 3.63) is 0 Å². The Balaban J connectivity index is 2.18. The van der Waals surface area contributed by atoms with Crippen molar-refractivity contribution >= 4 is 0 Å². The fourth-order valence-electron chi connectivity index (χ4n) is 1.89. The summed E-state index contributed by atoms with van der Waals surface area (Å²) in [6, 6.07) is 2.34. The van der Waals surface area contributed by atoms with E-state index in [-0.39, 0.29) is 5.41 Å². The third-order valence-corrected chi connectivity index (χ3v) is 2.90. The van der Waals surface area contributed by atoms with Crippen LogP contribution in [0.3, 0.4) is 0 Å². The fraction of sp³-hybridized carbons (Fsp3) is 0.917. The van der Waals surface area contributed by atoms with Crippen LogP contribution in [-0.2, 0) is 4.74 Å². The molecule has 0 spiro atoms. The third-order valence-electron chi connectivity index (χ3n) is 2.90. The number of morpholine rings is 1. The minimum absolute atomic E-state index is 0.169. The molecule has 1 fully saturated rings. The number of rotatable bonds is 4. The first kappa shape index (κ1) is 12.5. The quantitative estimate of drug-likeness (QED) is 0.712. The van der Waals surface area contributed by atoms with Gasteiger partial charge in [-0.15, -0.1) is 0 Å². The van der Waals surface area contributed by atoms with Crippen LogP contribution >= 0.6 is 0 Å². The lowest BCUT2D eigenvalue weighted by Crippen LogP contribution is -2.41. The molecule has 0 bridgehead atoms. The largest absolute Gasteiger partial charge is 0.376 e. The highest BCUT2D eigenvalue weighted by Crippen LogP contribution is 2.21. The van der Waals surface area contributed by atoms with Crippen molar-refractivity contribution < 1.29 is 4.74 Å². The molecule has 1 rings (SSSR count). The van der Waals surface area contributed by atoms with E-state index in [0.29, 0.717) is 6.10 Å². The van der Waals surface area contributed by atoms with Gasteiger partial charge in [0.1, 0.15) is 0 Å². The molecule has 1 aliphatic rings. The average molecular weight is 210 g/mol. The van der Waals surface area contributed by atoms with Gasteiger partial charge in [0.05, 0.1) is 24.2 Å². The Bertz CT molecular complexity index is 232. The molecule has 1 heterocycles. The van der Waals surface area contributed by atoms with Gasteiger partial charge in [0, 0.05) is 13.1 Å². The van der Waals surface area contributed by atoms with Crippen molar-refractivity contribution in [3.8, 4) is 6.07 Å². The number of hydrogen-bond donors (Lipinski definition) is 0. The van der Waals surface area contributed by atoms with Crippen LogP contribution in [0.4, 0.5) is 0 Å². The van der Waals surface area contributed by atoms with Crippen LogP contribution in [0.1, 0.15) is 33.6 Å². The zero-order valence-corrected chi connectivity index (χ0v) is 10.1. The smallest absolute Gasteiger partial charge is 0.0683 e. The zero-order chi connectivity index (χ0) is 11.3. The van der Waals surface area contributed by atoms with E-state index in [0.717, 1.165) is 39.1 Å². The highest BCUT2D eigenvalue weighted by molar-refractivity contribution is 4.91. The van der Waals surface area contributed by atoms with Crippen molar-refractivity contribution in [3.63, 3.8) is 0 Å². The number of nitriles is 1. The molecule has 0 aliphatic carbocycles. The second-order valence-corrected chi connectivity index (χ2v) is 5.08. The molecule has 86 valence electrons. The van der Waals surface area contributed by atoms with E-state index in [1.807, 2.05) is 13.8 Å². The van der Waals surface area contributed by atoms with E-state index in [2.05, 4.69) is 17.9 Å². The topological polar surface area (TPSA) is 36.3 Å². The Labute approximate surface area is 93.0 Å². The van der Waals surface area contributed by atoms with Crippen LogP contribution in [-0.4, -0.2) is 37.2 Å². The summed E-state index contributed by atoms with van der Waals surface area (Å²) in [5.41, 5.74) is -0.169. The fourth-order valence-corrected chi connectivity index (χ4v) is 1.89. The van der Waals surface area contributed by atoms with Gasteiger partial charge in [0.25, 0.3) is 0 Å². The van der Waals surface area contributed by atoms with Crippen LogP contribution in [0.5, 0.6) is 0 Å². The van der Waals surface area contributed by atoms with Gasteiger partial charge in [-0.05, 0) is 40.2 Å². The third kappa shape index (κ3) is 4.63. The SMILES string of the molecule is CC1CN(CCCC(C)(C)C#N)CCO1. The van der Waals surface area contributed by atoms with Gasteiger partial charge >= 0.3 is 0 Å². The number of hydrogen-bond acceptors (Lipinski definition) is 3. The first-order valence-electron chi connectivity index (χ1n) is 5.79. The Morgan fingerprint density at radius 1 is 1.53 bits per heavy atom. The molecule has 15 heavy (non-hydrogen) atoms. The standard InChI is InChI=1S/C12H22N2O/c1-11-9-14(7-8-15-11)6-4-5-12(2,3)10-13/h11H,4-9H2,1-3H3. The minimum Gasteiger partial charge on any atom is -0.376 e. The van der Waals surface area contributed by atoms with E-state index in [9.17, 15) is 0 Å². The molecule has 0 radical (unpaired) electrons. The lowest BCUT2D eigenvalue weighted by Gasteiger charge is -2.31. The van der Waals surface area contributed by atoms with Gasteiger partial charge < -0.3 is 4.74 Å². The van der Waals surface area contributed by atoms with Crippen LogP contribution in [0.25, 0.3) is 0 Å². The van der Waals surface area contributed by atoms with Crippen molar-refractivity contribution in [2.24, 2.45) is 5.41 Å². The summed E-state index contributed by atoms with van der Waals surface area (Å²) in [5.74, 6) is 0. The van der Waals surface area contributed by atoms with Crippen molar-refractivity contribution in [2.75, 3.05) is 26.2 Å². The number of ether oxygens (including phenoxy) is 1. The van der Waals surface area contributed by atoms with Gasteiger partial charge in [-0.25, -0.2) is 0 Å². The van der Waals surface area contributed by atoms with E-state index < -0.39 is 0 Å². The van der Waals surface area contributed by atoms with Gasteiger partial charge in [0.2, 0.25) is 0 Å². The molecule has 3 nitrogen and oxygen atoms in total. The molecule has 0 aromatic rings. The van der Waals surface area contributed by atoms with Gasteiger partial charge in [-0.2, -0.15) is 5.26 Å². The Hall–Kier alpha value is -0.590. The van der Waals surface area contributed by atoms with Crippen LogP contribution < -0.4 is 0 Å². The van der Waals surface area contributed by atoms with E-state index in [1.54, 1.807) is 0 Å². The maximum Gasteiger partial charge on any atom is 0.0683 e. The molecule has 0 aromatic heterocycles. The summed E-state index contributed by atoms with van der Waals surface area (Å²) in [6.07, 6.45) is 2.45. The molecule has 1 saturated heterocycles. The van der Waals surface area contributed by atoms with Crippen LogP contribution in [0, 0.1) is 16.7 Å². The summed E-state index contributed by atoms with van der Waals surface area (Å²) < 4.78 is 5.48. The lowest BCUT2D eigenvalue weighted by atomic mass is 9.90. The van der Waals surface area contributed by atoms with Crippen molar-refractivity contribution in [2.45, 2.75) is 39.7 Å². The maximum atomic E-state index is 8.89. The highest BCUT2D eigenvalue weighted by Gasteiger charge is 2.19. The molecule has 0 amide bonds.